The van der Waals surface area contributed by atoms with Gasteiger partial charge >= 0.3 is 11.9 Å². The highest BCUT2D eigenvalue weighted by Gasteiger charge is 2.19. The van der Waals surface area contributed by atoms with Crippen LogP contribution in [0, 0.1) is 0 Å². The van der Waals surface area contributed by atoms with Crippen molar-refractivity contribution in [3.8, 4) is 11.6 Å². The summed E-state index contributed by atoms with van der Waals surface area (Å²) >= 11 is 6.69. The first-order valence-corrected chi connectivity index (χ1v) is 10.5. The Balaban J connectivity index is 1.79. The number of aromatic hydroxyl groups is 1. The van der Waals surface area contributed by atoms with Crippen LogP contribution in [0.25, 0.3) is 10.9 Å². The van der Waals surface area contributed by atoms with Crippen molar-refractivity contribution in [3.05, 3.63) is 51.4 Å². The monoisotopic (exact) mass is 537 g/mol. The van der Waals surface area contributed by atoms with Crippen LogP contribution in [-0.2, 0) is 20.9 Å². The van der Waals surface area contributed by atoms with Gasteiger partial charge in [0.1, 0.15) is 12.3 Å². The Kier molecular flexibility index (Phi) is 7.22. The number of fused-ring (bicyclic) bond motifs is 1. The molecule has 30 heavy (non-hydrogen) atoms. The molecule has 0 aliphatic rings. The van der Waals surface area contributed by atoms with E-state index in [9.17, 15) is 14.7 Å². The van der Waals surface area contributed by atoms with Crippen LogP contribution >= 0.6 is 31.9 Å². The molecule has 0 saturated carbocycles. The summed E-state index contributed by atoms with van der Waals surface area (Å²) < 4.78 is 13.3. The number of azo groups is 1. The van der Waals surface area contributed by atoms with Crippen molar-refractivity contribution in [2.75, 3.05) is 13.2 Å². The molecule has 0 bridgehead atoms. The average molecular weight is 539 g/mol. The third-order valence-corrected chi connectivity index (χ3v) is 5.13. The van der Waals surface area contributed by atoms with Crippen molar-refractivity contribution in [2.45, 2.75) is 13.5 Å². The molecular weight excluding hydrogens is 522 g/mol. The molecule has 0 aliphatic heterocycles. The SMILES string of the molecule is CCOC(=O)Cn1c(O)c(N=NC(=O)COc2ccc(Br)cc2Br)c2ccccc21. The lowest BCUT2D eigenvalue weighted by atomic mass is 10.2. The Morgan fingerprint density at radius 3 is 2.67 bits per heavy atom. The summed E-state index contributed by atoms with van der Waals surface area (Å²) in [7, 11) is 0. The van der Waals surface area contributed by atoms with Crippen molar-refractivity contribution in [1.29, 1.82) is 0 Å². The molecule has 0 unspecified atom stereocenters. The number of rotatable bonds is 7. The number of benzene rings is 2. The average Bonchev–Trinajstić information content (AvgIpc) is 2.97. The second kappa shape index (κ2) is 9.86. The summed E-state index contributed by atoms with van der Waals surface area (Å²) in [6.07, 6.45) is 0. The minimum absolute atomic E-state index is 0.0908. The zero-order valence-corrected chi connectivity index (χ0v) is 19.0. The second-order valence-electron chi connectivity index (χ2n) is 6.04. The topological polar surface area (TPSA) is 102 Å². The fourth-order valence-electron chi connectivity index (χ4n) is 2.73. The first-order valence-electron chi connectivity index (χ1n) is 8.89. The van der Waals surface area contributed by atoms with Gasteiger partial charge in [-0.3, -0.25) is 14.2 Å². The molecule has 0 radical (unpaired) electrons. The Bertz CT molecular complexity index is 1130. The third-order valence-electron chi connectivity index (χ3n) is 4.02. The summed E-state index contributed by atoms with van der Waals surface area (Å²) in [6.45, 7) is 1.41. The lowest BCUT2D eigenvalue weighted by molar-refractivity contribution is -0.143. The Morgan fingerprint density at radius 1 is 1.17 bits per heavy atom. The van der Waals surface area contributed by atoms with Crippen LogP contribution in [0.3, 0.4) is 0 Å². The Labute approximate surface area is 188 Å². The smallest absolute Gasteiger partial charge is 0.326 e. The number of ether oxygens (including phenoxy) is 2. The van der Waals surface area contributed by atoms with Gasteiger partial charge in [-0.05, 0) is 47.1 Å². The van der Waals surface area contributed by atoms with Crippen molar-refractivity contribution in [1.82, 2.24) is 4.57 Å². The van der Waals surface area contributed by atoms with Gasteiger partial charge in [0.15, 0.2) is 12.3 Å². The van der Waals surface area contributed by atoms with E-state index in [2.05, 4.69) is 42.1 Å². The molecule has 156 valence electrons. The van der Waals surface area contributed by atoms with Gasteiger partial charge in [0.05, 0.1) is 16.6 Å². The summed E-state index contributed by atoms with van der Waals surface area (Å²) in [5.41, 5.74) is 0.660. The van der Waals surface area contributed by atoms with E-state index in [0.717, 1.165) is 4.47 Å². The van der Waals surface area contributed by atoms with E-state index in [1.165, 1.54) is 4.57 Å². The van der Waals surface area contributed by atoms with Crippen molar-refractivity contribution >= 4 is 60.3 Å². The van der Waals surface area contributed by atoms with E-state index in [4.69, 9.17) is 9.47 Å². The molecule has 1 N–H and O–H groups in total. The number of para-hydroxylation sites is 1. The number of hydrogen-bond donors (Lipinski definition) is 1. The molecule has 1 amide bonds. The first kappa shape index (κ1) is 22.0. The van der Waals surface area contributed by atoms with Gasteiger partial charge in [-0.2, -0.15) is 0 Å². The quantitative estimate of drug-likeness (QED) is 0.332. The van der Waals surface area contributed by atoms with Gasteiger partial charge in [0, 0.05) is 9.86 Å². The number of hydrogen-bond acceptors (Lipinski definition) is 6. The highest BCUT2D eigenvalue weighted by molar-refractivity contribution is 9.11. The maximum atomic E-state index is 12.1. The minimum Gasteiger partial charge on any atom is -0.493 e. The van der Waals surface area contributed by atoms with Gasteiger partial charge in [-0.25, -0.2) is 0 Å². The maximum Gasteiger partial charge on any atom is 0.326 e. The number of carbonyl (C=O) groups is 2. The van der Waals surface area contributed by atoms with Gasteiger partial charge < -0.3 is 14.6 Å². The van der Waals surface area contributed by atoms with E-state index in [0.29, 0.717) is 21.1 Å². The number of halogens is 2. The molecule has 0 atom stereocenters. The molecule has 0 saturated heterocycles. The van der Waals surface area contributed by atoms with Gasteiger partial charge in [0.25, 0.3) is 0 Å². The van der Waals surface area contributed by atoms with E-state index in [1.54, 1.807) is 49.4 Å². The Hall–Kier alpha value is -2.72. The number of nitrogens with zero attached hydrogens (tertiary/aromatic N) is 3. The van der Waals surface area contributed by atoms with Gasteiger partial charge in [-0.1, -0.05) is 34.1 Å². The number of esters is 1. The minimum atomic E-state index is -0.633. The van der Waals surface area contributed by atoms with Crippen molar-refractivity contribution < 1.29 is 24.2 Å². The van der Waals surface area contributed by atoms with Crippen LogP contribution in [0.2, 0.25) is 0 Å². The Morgan fingerprint density at radius 2 is 1.93 bits per heavy atom. The highest BCUT2D eigenvalue weighted by Crippen LogP contribution is 2.38. The third kappa shape index (κ3) is 5.06. The zero-order chi connectivity index (χ0) is 21.7. The van der Waals surface area contributed by atoms with Crippen LogP contribution in [0.5, 0.6) is 11.6 Å². The predicted octanol–water partition coefficient (Wildman–Crippen LogP) is 5.12. The van der Waals surface area contributed by atoms with E-state index in [1.807, 2.05) is 0 Å². The highest BCUT2D eigenvalue weighted by atomic mass is 79.9. The molecular formula is C20H17Br2N3O5. The van der Waals surface area contributed by atoms with E-state index < -0.39 is 11.9 Å². The second-order valence-corrected chi connectivity index (χ2v) is 7.81. The van der Waals surface area contributed by atoms with Crippen molar-refractivity contribution in [3.63, 3.8) is 0 Å². The molecule has 3 aromatic rings. The lowest BCUT2D eigenvalue weighted by Gasteiger charge is -2.06. The normalized spacial score (nSPS) is 11.2. The van der Waals surface area contributed by atoms with Crippen LogP contribution < -0.4 is 4.74 Å². The fraction of sp³-hybridized carbons (Fsp3) is 0.200. The van der Waals surface area contributed by atoms with Crippen LogP contribution in [0.15, 0.2) is 61.6 Å². The van der Waals surface area contributed by atoms with Crippen LogP contribution in [0.4, 0.5) is 5.69 Å². The molecule has 2 aromatic carbocycles. The summed E-state index contributed by atoms with van der Waals surface area (Å²) in [4.78, 5) is 24.0. The molecule has 8 nitrogen and oxygen atoms in total. The molecule has 0 aliphatic carbocycles. The predicted molar refractivity (Wildman–Crippen MR) is 117 cm³/mol. The van der Waals surface area contributed by atoms with Crippen LogP contribution in [-0.4, -0.2) is 34.8 Å². The number of aromatic nitrogens is 1. The fourth-order valence-corrected chi connectivity index (χ4v) is 3.89. The zero-order valence-electron chi connectivity index (χ0n) is 15.8. The van der Waals surface area contributed by atoms with E-state index in [-0.39, 0.29) is 31.3 Å². The maximum absolute atomic E-state index is 12.1. The summed E-state index contributed by atoms with van der Waals surface area (Å²) in [5.74, 6) is -0.930. The lowest BCUT2D eigenvalue weighted by Crippen LogP contribution is -2.12. The molecule has 10 heteroatoms. The number of amides is 1. The standard InChI is InChI=1S/C20H17Br2N3O5/c1-2-29-18(27)10-25-15-6-4-3-5-13(15)19(20(25)28)24-23-17(26)11-30-16-8-7-12(21)9-14(16)22/h3-9,28H,2,10-11H2,1H3. The molecule has 1 heterocycles. The van der Waals surface area contributed by atoms with Gasteiger partial charge in [-0.15, -0.1) is 10.2 Å². The van der Waals surface area contributed by atoms with Crippen molar-refractivity contribution in [2.24, 2.45) is 10.2 Å². The molecule has 0 fully saturated rings. The van der Waals surface area contributed by atoms with E-state index >= 15 is 0 Å². The summed E-state index contributed by atoms with van der Waals surface area (Å²) in [6, 6.07) is 12.2. The summed E-state index contributed by atoms with van der Waals surface area (Å²) in [5, 5.41) is 18.7. The van der Waals surface area contributed by atoms with Gasteiger partial charge in [0.2, 0.25) is 5.88 Å². The number of carbonyl (C=O) groups excluding carboxylic acids is 2. The first-order chi connectivity index (χ1) is 14.4. The van der Waals surface area contributed by atoms with Crippen LogP contribution in [0.1, 0.15) is 6.92 Å². The molecule has 0 spiro atoms. The molecule has 3 rings (SSSR count). The molecule has 1 aromatic heterocycles. The largest absolute Gasteiger partial charge is 0.493 e.